The van der Waals surface area contributed by atoms with E-state index in [1.165, 1.54) is 24.3 Å². The van der Waals surface area contributed by atoms with Gasteiger partial charge in [-0.05, 0) is 12.1 Å². The number of aromatic nitrogens is 2. The molecule has 0 aliphatic heterocycles. The molecule has 20 heavy (non-hydrogen) atoms. The van der Waals surface area contributed by atoms with Crippen LogP contribution in [0, 0.1) is 22.5 Å². The molecule has 1 aromatic carbocycles. The summed E-state index contributed by atoms with van der Waals surface area (Å²) in [5, 5.41) is 16.4. The molecule has 8 heteroatoms. The van der Waals surface area contributed by atoms with Crippen molar-refractivity contribution in [3.63, 3.8) is 0 Å². The number of carbonyl (C=O) groups excluding carboxylic acids is 1. The Labute approximate surface area is 112 Å². The number of nitrogens with zero attached hydrogens (tertiary/aromatic N) is 3. The molecule has 2 aromatic rings. The van der Waals surface area contributed by atoms with E-state index in [0.29, 0.717) is 5.56 Å². The van der Waals surface area contributed by atoms with Crippen molar-refractivity contribution in [1.29, 1.82) is 0 Å². The Balaban J connectivity index is 2.18. The van der Waals surface area contributed by atoms with Gasteiger partial charge in [-0.15, -0.1) is 6.42 Å². The van der Waals surface area contributed by atoms with E-state index in [-0.39, 0.29) is 23.9 Å². The molecule has 1 heterocycles. The standard InChI is InChI=1S/C12H8N4O4/c1-2-7-13-11(17)10-14-12(20-15-10)8-3-5-9(6-4-8)16(18)19/h1,3-6H,7H2,(H,13,17). The van der Waals surface area contributed by atoms with Gasteiger partial charge in [0.05, 0.1) is 11.5 Å². The molecule has 0 saturated carbocycles. The third kappa shape index (κ3) is 2.78. The van der Waals surface area contributed by atoms with E-state index >= 15 is 0 Å². The Morgan fingerprint density at radius 1 is 1.45 bits per heavy atom. The minimum atomic E-state index is -0.556. The first kappa shape index (κ1) is 13.2. The molecule has 0 bridgehead atoms. The van der Waals surface area contributed by atoms with Crippen LogP contribution in [0.25, 0.3) is 11.5 Å². The van der Waals surface area contributed by atoms with Crippen molar-refractivity contribution < 1.29 is 14.2 Å². The van der Waals surface area contributed by atoms with Gasteiger partial charge in [0.2, 0.25) is 0 Å². The molecule has 0 fully saturated rings. The second kappa shape index (κ2) is 5.62. The maximum atomic E-state index is 11.5. The third-order valence-corrected chi connectivity index (χ3v) is 2.31. The van der Waals surface area contributed by atoms with E-state index in [1.54, 1.807) is 0 Å². The molecule has 0 spiro atoms. The van der Waals surface area contributed by atoms with E-state index in [4.69, 9.17) is 10.9 Å². The first-order valence-corrected chi connectivity index (χ1v) is 5.42. The third-order valence-electron chi connectivity index (χ3n) is 2.31. The molecule has 2 rings (SSSR count). The lowest BCUT2D eigenvalue weighted by Crippen LogP contribution is -2.24. The van der Waals surface area contributed by atoms with Gasteiger partial charge >= 0.3 is 0 Å². The van der Waals surface area contributed by atoms with Crippen LogP contribution in [0.4, 0.5) is 5.69 Å². The van der Waals surface area contributed by atoms with E-state index < -0.39 is 10.8 Å². The number of hydrogen-bond acceptors (Lipinski definition) is 6. The van der Waals surface area contributed by atoms with Crippen LogP contribution in [0.2, 0.25) is 0 Å². The van der Waals surface area contributed by atoms with Crippen molar-refractivity contribution in [2.45, 2.75) is 0 Å². The number of nitro benzene ring substituents is 1. The van der Waals surface area contributed by atoms with Crippen LogP contribution in [0.5, 0.6) is 0 Å². The molecule has 1 aromatic heterocycles. The fraction of sp³-hybridized carbons (Fsp3) is 0.0833. The predicted octanol–water partition coefficient (Wildman–Crippen LogP) is 1.01. The highest BCUT2D eigenvalue weighted by Gasteiger charge is 2.15. The van der Waals surface area contributed by atoms with Crippen molar-refractivity contribution in [1.82, 2.24) is 15.5 Å². The van der Waals surface area contributed by atoms with Crippen molar-refractivity contribution in [3.05, 3.63) is 40.2 Å². The zero-order valence-corrected chi connectivity index (χ0v) is 10.1. The maximum Gasteiger partial charge on any atom is 0.293 e. The second-order valence-electron chi connectivity index (χ2n) is 3.61. The summed E-state index contributed by atoms with van der Waals surface area (Å²) in [4.78, 5) is 25.4. The van der Waals surface area contributed by atoms with Gasteiger partial charge in [-0.2, -0.15) is 4.98 Å². The summed E-state index contributed by atoms with van der Waals surface area (Å²) in [5.41, 5.74) is 0.416. The summed E-state index contributed by atoms with van der Waals surface area (Å²) in [6, 6.07) is 5.51. The molecule has 0 atom stereocenters. The highest BCUT2D eigenvalue weighted by Crippen LogP contribution is 2.20. The Kier molecular flexibility index (Phi) is 3.72. The summed E-state index contributed by atoms with van der Waals surface area (Å²) >= 11 is 0. The van der Waals surface area contributed by atoms with Crippen molar-refractivity contribution in [2.75, 3.05) is 6.54 Å². The first-order valence-electron chi connectivity index (χ1n) is 5.42. The molecule has 0 aliphatic rings. The lowest BCUT2D eigenvalue weighted by molar-refractivity contribution is -0.384. The quantitative estimate of drug-likeness (QED) is 0.505. The number of rotatable bonds is 4. The molecule has 8 nitrogen and oxygen atoms in total. The van der Waals surface area contributed by atoms with Crippen LogP contribution in [-0.4, -0.2) is 27.5 Å². The van der Waals surface area contributed by atoms with Gasteiger partial charge in [-0.1, -0.05) is 11.1 Å². The van der Waals surface area contributed by atoms with E-state index in [0.717, 1.165) is 0 Å². The van der Waals surface area contributed by atoms with E-state index in [9.17, 15) is 14.9 Å². The van der Waals surface area contributed by atoms with Gasteiger partial charge in [-0.25, -0.2) is 0 Å². The summed E-state index contributed by atoms with van der Waals surface area (Å²) in [7, 11) is 0. The minimum absolute atomic E-state index is 0.0553. The molecular formula is C12H8N4O4. The summed E-state index contributed by atoms with van der Waals surface area (Å²) in [6.45, 7) is 0.0558. The number of terminal acetylenes is 1. The highest BCUT2D eigenvalue weighted by atomic mass is 16.6. The molecule has 0 aliphatic carbocycles. The highest BCUT2D eigenvalue weighted by molar-refractivity contribution is 5.90. The Hall–Kier alpha value is -3.21. The van der Waals surface area contributed by atoms with Crippen LogP contribution in [0.3, 0.4) is 0 Å². The van der Waals surface area contributed by atoms with Crippen LogP contribution in [-0.2, 0) is 0 Å². The van der Waals surface area contributed by atoms with Gasteiger partial charge in [0.25, 0.3) is 23.3 Å². The van der Waals surface area contributed by atoms with Gasteiger partial charge in [-0.3, -0.25) is 14.9 Å². The van der Waals surface area contributed by atoms with Crippen molar-refractivity contribution in [2.24, 2.45) is 0 Å². The Morgan fingerprint density at radius 3 is 2.75 bits per heavy atom. The number of nitrogens with one attached hydrogen (secondary N) is 1. The van der Waals surface area contributed by atoms with Crippen molar-refractivity contribution in [3.8, 4) is 23.8 Å². The normalized spacial score (nSPS) is 9.75. The number of carbonyl (C=O) groups is 1. The smallest absolute Gasteiger partial charge is 0.293 e. The van der Waals surface area contributed by atoms with Crippen molar-refractivity contribution >= 4 is 11.6 Å². The lowest BCUT2D eigenvalue weighted by Gasteiger charge is -1.94. The van der Waals surface area contributed by atoms with Crippen LogP contribution in [0.1, 0.15) is 10.6 Å². The van der Waals surface area contributed by atoms with Gasteiger partial charge in [0.15, 0.2) is 0 Å². The van der Waals surface area contributed by atoms with E-state index in [1.807, 2.05) is 0 Å². The average molecular weight is 272 g/mol. The molecule has 100 valence electrons. The number of amides is 1. The minimum Gasteiger partial charge on any atom is -0.338 e. The molecule has 0 unspecified atom stereocenters. The van der Waals surface area contributed by atoms with Crippen LogP contribution < -0.4 is 5.32 Å². The zero-order chi connectivity index (χ0) is 14.5. The first-order chi connectivity index (χ1) is 9.61. The monoisotopic (exact) mass is 272 g/mol. The number of non-ortho nitro benzene ring substituents is 1. The van der Waals surface area contributed by atoms with Gasteiger partial charge < -0.3 is 9.84 Å². The lowest BCUT2D eigenvalue weighted by atomic mass is 10.2. The molecular weight excluding hydrogens is 264 g/mol. The topological polar surface area (TPSA) is 111 Å². The molecule has 1 N–H and O–H groups in total. The summed E-state index contributed by atoms with van der Waals surface area (Å²) in [5.74, 6) is 1.62. The zero-order valence-electron chi connectivity index (χ0n) is 10.1. The fourth-order valence-electron chi connectivity index (χ4n) is 1.37. The second-order valence-corrected chi connectivity index (χ2v) is 3.61. The fourth-order valence-corrected chi connectivity index (χ4v) is 1.37. The molecule has 1 amide bonds. The number of nitro groups is 1. The van der Waals surface area contributed by atoms with Gasteiger partial charge in [0, 0.05) is 17.7 Å². The van der Waals surface area contributed by atoms with Gasteiger partial charge in [0.1, 0.15) is 0 Å². The van der Waals surface area contributed by atoms with Crippen LogP contribution in [0.15, 0.2) is 28.8 Å². The predicted molar refractivity (Wildman–Crippen MR) is 67.6 cm³/mol. The van der Waals surface area contributed by atoms with E-state index in [2.05, 4.69) is 21.4 Å². The molecule has 0 radical (unpaired) electrons. The Morgan fingerprint density at radius 2 is 2.15 bits per heavy atom. The number of benzene rings is 1. The molecule has 0 saturated heterocycles. The summed E-state index contributed by atoms with van der Waals surface area (Å²) in [6.07, 6.45) is 5.01. The van der Waals surface area contributed by atoms with Crippen LogP contribution >= 0.6 is 0 Å². The number of hydrogen-bond donors (Lipinski definition) is 1. The average Bonchev–Trinajstić information content (AvgIpc) is 2.94. The maximum absolute atomic E-state index is 11.5. The largest absolute Gasteiger partial charge is 0.338 e. The summed E-state index contributed by atoms with van der Waals surface area (Å²) < 4.78 is 4.91. The SMILES string of the molecule is C#CCNC(=O)c1noc(-c2ccc([N+](=O)[O-])cc2)n1. The Bertz CT molecular complexity index is 684.